The lowest BCUT2D eigenvalue weighted by Crippen LogP contribution is -2.32. The number of nitrogens with zero attached hydrogens (tertiary/aromatic N) is 3. The topological polar surface area (TPSA) is 47.2 Å². The number of anilines is 3. The fraction of sp³-hybridized carbons (Fsp3) is 0. The third-order valence-electron chi connectivity index (χ3n) is 12.7. The highest BCUT2D eigenvalue weighted by atomic mass is 16.1. The molecule has 4 heterocycles. The van der Waals surface area contributed by atoms with Crippen LogP contribution in [0, 0.1) is 0 Å². The van der Waals surface area contributed by atoms with E-state index in [1.165, 1.54) is 0 Å². The SMILES string of the molecule is O=c1c2ccccc2c2c(-c3c(-c4ccccc4)cc(-c4ccccc4)cc3-c3ccccc3)c3c4ccccc4c(=O)n4c3c3c2n1-c1ccccc1N3c1ccccc1-4. The molecule has 0 spiro atoms. The van der Waals surface area contributed by atoms with Crippen molar-refractivity contribution < 1.29 is 0 Å². The summed E-state index contributed by atoms with van der Waals surface area (Å²) in [5, 5.41) is 4.88. The summed E-state index contributed by atoms with van der Waals surface area (Å²) in [7, 11) is 0. The summed E-state index contributed by atoms with van der Waals surface area (Å²) < 4.78 is 3.84. The van der Waals surface area contributed by atoms with E-state index in [-0.39, 0.29) is 11.1 Å². The minimum atomic E-state index is -0.101. The van der Waals surface area contributed by atoms with Gasteiger partial charge in [-0.25, -0.2) is 0 Å². The molecule has 2 aliphatic heterocycles. The van der Waals surface area contributed by atoms with Crippen LogP contribution in [0.5, 0.6) is 0 Å². The molecule has 5 heteroatoms. The van der Waals surface area contributed by atoms with Crippen LogP contribution in [-0.2, 0) is 0 Å². The monoisotopic (exact) mass is 779 g/mol. The molecule has 0 unspecified atom stereocenters. The molecule has 0 fully saturated rings. The Kier molecular flexibility index (Phi) is 6.96. The van der Waals surface area contributed by atoms with Gasteiger partial charge in [-0.15, -0.1) is 0 Å². The van der Waals surface area contributed by atoms with E-state index in [9.17, 15) is 0 Å². The zero-order valence-electron chi connectivity index (χ0n) is 32.7. The van der Waals surface area contributed by atoms with E-state index in [1.54, 1.807) is 0 Å². The largest absolute Gasteiger partial charge is 0.302 e. The van der Waals surface area contributed by atoms with Crippen LogP contribution in [-0.4, -0.2) is 9.13 Å². The van der Waals surface area contributed by atoms with E-state index in [0.29, 0.717) is 10.8 Å². The summed E-state index contributed by atoms with van der Waals surface area (Å²) in [6, 6.07) is 68.8. The number of aromatic nitrogens is 2. The first-order valence-corrected chi connectivity index (χ1v) is 20.6. The zero-order valence-corrected chi connectivity index (χ0v) is 32.7. The lowest BCUT2D eigenvalue weighted by molar-refractivity contribution is 0.986. The first-order chi connectivity index (χ1) is 30.2. The molecule has 0 atom stereocenters. The van der Waals surface area contributed by atoms with Gasteiger partial charge >= 0.3 is 0 Å². The van der Waals surface area contributed by atoms with Crippen molar-refractivity contribution in [3.05, 3.63) is 221 Å². The third-order valence-corrected chi connectivity index (χ3v) is 12.7. The van der Waals surface area contributed by atoms with Crippen LogP contribution in [0.15, 0.2) is 210 Å². The van der Waals surface area contributed by atoms with Crippen LogP contribution in [0.25, 0.3) is 99.2 Å². The fourth-order valence-corrected chi connectivity index (χ4v) is 10.3. The Morgan fingerprint density at radius 1 is 0.311 bits per heavy atom. The lowest BCUT2D eigenvalue weighted by Gasteiger charge is -2.40. The van der Waals surface area contributed by atoms with Crippen molar-refractivity contribution in [2.24, 2.45) is 0 Å². The molecule has 284 valence electrons. The van der Waals surface area contributed by atoms with Crippen LogP contribution in [0.2, 0.25) is 0 Å². The number of rotatable bonds is 4. The van der Waals surface area contributed by atoms with Gasteiger partial charge < -0.3 is 4.90 Å². The van der Waals surface area contributed by atoms with Crippen molar-refractivity contribution >= 4 is 60.4 Å². The highest BCUT2D eigenvalue weighted by molar-refractivity contribution is 6.34. The predicted octanol–water partition coefficient (Wildman–Crippen LogP) is 13.4. The predicted molar refractivity (Wildman–Crippen MR) is 251 cm³/mol. The van der Waals surface area contributed by atoms with E-state index >= 15 is 9.59 Å². The van der Waals surface area contributed by atoms with Gasteiger partial charge in [0.1, 0.15) is 0 Å². The van der Waals surface area contributed by atoms with Crippen molar-refractivity contribution in [1.29, 1.82) is 0 Å². The molecular formula is C56H33N3O2. The van der Waals surface area contributed by atoms with Gasteiger partial charge in [-0.05, 0) is 98.2 Å². The first-order valence-electron chi connectivity index (χ1n) is 20.6. The van der Waals surface area contributed by atoms with Crippen LogP contribution in [0.1, 0.15) is 0 Å². The number of benzene rings is 9. The molecule has 2 aromatic heterocycles. The third kappa shape index (κ3) is 4.55. The van der Waals surface area contributed by atoms with Crippen LogP contribution in [0.3, 0.4) is 0 Å². The first kappa shape index (κ1) is 33.7. The second-order valence-electron chi connectivity index (χ2n) is 15.9. The minimum Gasteiger partial charge on any atom is -0.302 e. The van der Waals surface area contributed by atoms with Gasteiger partial charge in [0.25, 0.3) is 11.1 Å². The summed E-state index contributed by atoms with van der Waals surface area (Å²) >= 11 is 0. The van der Waals surface area contributed by atoms with Crippen molar-refractivity contribution in [3.63, 3.8) is 0 Å². The van der Waals surface area contributed by atoms with Gasteiger partial charge in [0.15, 0.2) is 0 Å². The van der Waals surface area contributed by atoms with Crippen molar-refractivity contribution in [2.45, 2.75) is 0 Å². The highest BCUT2D eigenvalue weighted by Gasteiger charge is 2.39. The van der Waals surface area contributed by atoms with E-state index < -0.39 is 0 Å². The van der Waals surface area contributed by atoms with Gasteiger partial charge in [-0.2, -0.15) is 0 Å². The molecule has 0 amide bonds. The molecule has 0 saturated carbocycles. The highest BCUT2D eigenvalue weighted by Crippen LogP contribution is 2.59. The molecule has 2 aliphatic rings. The molecule has 0 N–H and O–H groups in total. The molecular weight excluding hydrogens is 747 g/mol. The molecule has 5 nitrogen and oxygen atoms in total. The van der Waals surface area contributed by atoms with E-state index in [4.69, 9.17) is 0 Å². The number of para-hydroxylation sites is 4. The minimum absolute atomic E-state index is 0.101. The molecule has 0 aliphatic carbocycles. The van der Waals surface area contributed by atoms with Crippen molar-refractivity contribution in [3.8, 4) is 55.9 Å². The molecule has 11 aromatic rings. The molecule has 13 rings (SSSR count). The van der Waals surface area contributed by atoms with Gasteiger partial charge in [-0.1, -0.05) is 152 Å². The Morgan fingerprint density at radius 2 is 0.672 bits per heavy atom. The summed E-state index contributed by atoms with van der Waals surface area (Å²) in [4.78, 5) is 32.9. The van der Waals surface area contributed by atoms with Gasteiger partial charge in [0.05, 0.1) is 39.5 Å². The van der Waals surface area contributed by atoms with Crippen LogP contribution >= 0.6 is 0 Å². The Balaban J connectivity index is 1.40. The Hall–Kier alpha value is -8.28. The van der Waals surface area contributed by atoms with Gasteiger partial charge in [-0.3, -0.25) is 18.7 Å². The Bertz CT molecular complexity index is 3570. The maximum absolute atomic E-state index is 15.3. The Morgan fingerprint density at radius 3 is 1.11 bits per heavy atom. The van der Waals surface area contributed by atoms with Crippen LogP contribution in [0.4, 0.5) is 17.1 Å². The molecule has 61 heavy (non-hydrogen) atoms. The van der Waals surface area contributed by atoms with Gasteiger partial charge in [0.2, 0.25) is 0 Å². The number of fused-ring (bicyclic) bond motifs is 10. The zero-order chi connectivity index (χ0) is 40.3. The second-order valence-corrected chi connectivity index (χ2v) is 15.9. The van der Waals surface area contributed by atoms with E-state index in [2.05, 4.69) is 132 Å². The normalized spacial score (nSPS) is 12.4. The fourth-order valence-electron chi connectivity index (χ4n) is 10.3. The number of pyridine rings is 2. The summed E-state index contributed by atoms with van der Waals surface area (Å²) in [6.45, 7) is 0. The standard InChI is InChI=1S/C56H33N3O2/c60-55-40-26-12-10-24-38(40)49-51(48-42(35-20-6-2-7-21-35)32-37(34-18-4-1-5-19-34)33-43(48)36-22-8-3-9-23-36)50-39-25-11-13-27-41(39)56(61)59-47-31-17-15-29-45(47)57-44-28-14-16-30-46(44)58(55)52(49)54(57)53(50)59/h1-33H. The molecule has 0 bridgehead atoms. The Labute approximate surface area is 349 Å². The maximum atomic E-state index is 15.3. The summed E-state index contributed by atoms with van der Waals surface area (Å²) in [6.07, 6.45) is 0. The number of hydrogen-bond acceptors (Lipinski definition) is 3. The molecule has 9 aromatic carbocycles. The lowest BCUT2D eigenvalue weighted by atomic mass is 9.80. The van der Waals surface area contributed by atoms with Gasteiger partial charge in [0, 0.05) is 27.1 Å². The van der Waals surface area contributed by atoms with Crippen LogP contribution < -0.4 is 16.0 Å². The molecule has 0 radical (unpaired) electrons. The van der Waals surface area contributed by atoms with Crippen molar-refractivity contribution in [1.82, 2.24) is 9.13 Å². The second kappa shape index (κ2) is 12.6. The number of hydrogen-bond donors (Lipinski definition) is 0. The average molecular weight is 780 g/mol. The van der Waals surface area contributed by atoms with Crippen molar-refractivity contribution in [2.75, 3.05) is 4.90 Å². The van der Waals surface area contributed by atoms with E-state index in [0.717, 1.165) is 106 Å². The quantitative estimate of drug-likeness (QED) is 0.132. The average Bonchev–Trinajstić information content (AvgIpc) is 3.33. The summed E-state index contributed by atoms with van der Waals surface area (Å²) in [5.41, 5.74) is 13.9. The summed E-state index contributed by atoms with van der Waals surface area (Å²) in [5.74, 6) is 0. The smallest absolute Gasteiger partial charge is 0.263 e. The molecule has 0 saturated heterocycles. The van der Waals surface area contributed by atoms with E-state index in [1.807, 2.05) is 81.9 Å². The maximum Gasteiger partial charge on any atom is 0.263 e.